The summed E-state index contributed by atoms with van der Waals surface area (Å²) in [6, 6.07) is 0. The Kier molecular flexibility index (Phi) is 4.10. The highest BCUT2D eigenvalue weighted by Gasteiger charge is 2.27. The third-order valence-electron chi connectivity index (χ3n) is 1.90. The van der Waals surface area contributed by atoms with Gasteiger partial charge in [-0.05, 0) is 14.0 Å². The van der Waals surface area contributed by atoms with Gasteiger partial charge in [-0.25, -0.2) is 4.98 Å². The van der Waals surface area contributed by atoms with Crippen molar-refractivity contribution in [3.8, 4) is 0 Å². The molecule has 1 aromatic heterocycles. The van der Waals surface area contributed by atoms with E-state index in [1.807, 2.05) is 6.92 Å². The van der Waals surface area contributed by atoms with Crippen LogP contribution in [0.4, 0.5) is 13.2 Å². The lowest BCUT2D eigenvalue weighted by atomic mass is 10.3. The molecular formula is C9H13F3N2S. The topological polar surface area (TPSA) is 24.9 Å². The van der Waals surface area contributed by atoms with Crippen LogP contribution in [-0.4, -0.2) is 18.2 Å². The molecule has 0 aliphatic carbocycles. The van der Waals surface area contributed by atoms with E-state index in [0.29, 0.717) is 11.6 Å². The number of nitrogens with zero attached hydrogens (tertiary/aromatic N) is 1. The van der Waals surface area contributed by atoms with Crippen LogP contribution in [0.5, 0.6) is 0 Å². The van der Waals surface area contributed by atoms with Crippen molar-refractivity contribution in [3.05, 3.63) is 15.6 Å². The highest BCUT2D eigenvalue weighted by molar-refractivity contribution is 7.11. The Hall–Kier alpha value is -0.620. The zero-order valence-electron chi connectivity index (χ0n) is 8.61. The standard InChI is InChI=1S/C9H13F3N2S/c1-6-7(5-13-2)15-8(14-6)3-4-9(10,11)12/h13H,3-5H2,1-2H3. The van der Waals surface area contributed by atoms with Gasteiger partial charge >= 0.3 is 6.18 Å². The molecule has 6 heteroatoms. The number of hydrogen-bond acceptors (Lipinski definition) is 3. The second-order valence-electron chi connectivity index (χ2n) is 3.26. The Labute approximate surface area is 90.5 Å². The average Bonchev–Trinajstić information content (AvgIpc) is 2.44. The van der Waals surface area contributed by atoms with Crippen molar-refractivity contribution < 1.29 is 13.2 Å². The van der Waals surface area contributed by atoms with Crippen LogP contribution in [0.15, 0.2) is 0 Å². The summed E-state index contributed by atoms with van der Waals surface area (Å²) < 4.78 is 35.9. The maximum atomic E-state index is 12.0. The molecule has 0 aliphatic heterocycles. The summed E-state index contributed by atoms with van der Waals surface area (Å²) in [5.41, 5.74) is 0.825. The third-order valence-corrected chi connectivity index (χ3v) is 3.11. The summed E-state index contributed by atoms with van der Waals surface area (Å²) >= 11 is 1.35. The Balaban J connectivity index is 2.59. The zero-order valence-corrected chi connectivity index (χ0v) is 9.43. The molecule has 0 aromatic carbocycles. The first-order valence-electron chi connectivity index (χ1n) is 4.59. The van der Waals surface area contributed by atoms with Crippen molar-refractivity contribution in [3.63, 3.8) is 0 Å². The van der Waals surface area contributed by atoms with E-state index >= 15 is 0 Å². The van der Waals surface area contributed by atoms with Gasteiger partial charge in [0.2, 0.25) is 0 Å². The minimum absolute atomic E-state index is 0.0152. The molecule has 0 aliphatic rings. The van der Waals surface area contributed by atoms with E-state index in [9.17, 15) is 13.2 Å². The van der Waals surface area contributed by atoms with Crippen LogP contribution in [0.1, 0.15) is 22.0 Å². The molecule has 2 nitrogen and oxygen atoms in total. The van der Waals surface area contributed by atoms with Gasteiger partial charge in [0.05, 0.1) is 10.7 Å². The van der Waals surface area contributed by atoms with Gasteiger partial charge in [0.25, 0.3) is 0 Å². The Morgan fingerprint density at radius 2 is 2.07 bits per heavy atom. The predicted octanol–water partition coefficient (Wildman–Crippen LogP) is 2.67. The summed E-state index contributed by atoms with van der Waals surface area (Å²) in [4.78, 5) is 5.12. The first kappa shape index (κ1) is 12.4. The largest absolute Gasteiger partial charge is 0.389 e. The van der Waals surface area contributed by atoms with Crippen molar-refractivity contribution in [1.29, 1.82) is 0 Å². The quantitative estimate of drug-likeness (QED) is 0.872. The van der Waals surface area contributed by atoms with Crippen LogP contribution in [0.25, 0.3) is 0 Å². The maximum absolute atomic E-state index is 12.0. The van der Waals surface area contributed by atoms with Crippen LogP contribution < -0.4 is 5.32 Å². The number of aromatic nitrogens is 1. The molecule has 0 fully saturated rings. The van der Waals surface area contributed by atoms with Crippen molar-refractivity contribution in [2.24, 2.45) is 0 Å². The molecule has 1 N–H and O–H groups in total. The van der Waals surface area contributed by atoms with E-state index < -0.39 is 12.6 Å². The molecule has 86 valence electrons. The number of rotatable bonds is 4. The van der Waals surface area contributed by atoms with Gasteiger partial charge in [0, 0.05) is 24.3 Å². The van der Waals surface area contributed by atoms with Gasteiger partial charge in [0.15, 0.2) is 0 Å². The second-order valence-corrected chi connectivity index (χ2v) is 4.43. The third kappa shape index (κ3) is 4.17. The Bertz CT molecular complexity index is 320. The molecule has 0 atom stereocenters. The Morgan fingerprint density at radius 3 is 2.60 bits per heavy atom. The molecular weight excluding hydrogens is 225 g/mol. The molecule has 0 spiro atoms. The van der Waals surface area contributed by atoms with Crippen molar-refractivity contribution in [2.75, 3.05) is 7.05 Å². The summed E-state index contributed by atoms with van der Waals surface area (Å²) in [6.45, 7) is 2.48. The van der Waals surface area contributed by atoms with Gasteiger partial charge in [-0.1, -0.05) is 0 Å². The number of alkyl halides is 3. The number of thiazole rings is 1. The van der Waals surface area contributed by atoms with E-state index in [1.165, 1.54) is 11.3 Å². The molecule has 1 aromatic rings. The summed E-state index contributed by atoms with van der Waals surface area (Å²) in [5.74, 6) is 0. The molecule has 0 saturated heterocycles. The van der Waals surface area contributed by atoms with Gasteiger partial charge in [-0.2, -0.15) is 13.2 Å². The zero-order chi connectivity index (χ0) is 11.5. The van der Waals surface area contributed by atoms with Gasteiger partial charge < -0.3 is 5.32 Å². The first-order valence-corrected chi connectivity index (χ1v) is 5.40. The van der Waals surface area contributed by atoms with Crippen LogP contribution in [-0.2, 0) is 13.0 Å². The first-order chi connectivity index (χ1) is 6.92. The minimum atomic E-state index is -4.09. The van der Waals surface area contributed by atoms with E-state index in [2.05, 4.69) is 10.3 Å². The fourth-order valence-corrected chi connectivity index (χ4v) is 2.25. The number of halogens is 3. The highest BCUT2D eigenvalue weighted by Crippen LogP contribution is 2.25. The lowest BCUT2D eigenvalue weighted by Crippen LogP contribution is -2.08. The maximum Gasteiger partial charge on any atom is 0.389 e. The van der Waals surface area contributed by atoms with Crippen LogP contribution in [0.2, 0.25) is 0 Å². The highest BCUT2D eigenvalue weighted by atomic mass is 32.1. The minimum Gasteiger partial charge on any atom is -0.315 e. The van der Waals surface area contributed by atoms with Crippen LogP contribution >= 0.6 is 11.3 Å². The predicted molar refractivity (Wildman–Crippen MR) is 54.0 cm³/mol. The number of hydrogen-bond donors (Lipinski definition) is 1. The van der Waals surface area contributed by atoms with Gasteiger partial charge in [-0.3, -0.25) is 0 Å². The molecule has 1 rings (SSSR count). The van der Waals surface area contributed by atoms with E-state index in [-0.39, 0.29) is 6.42 Å². The second kappa shape index (κ2) is 4.94. The fourth-order valence-electron chi connectivity index (χ4n) is 1.17. The summed E-state index contributed by atoms with van der Waals surface area (Å²) in [5, 5.41) is 3.52. The molecule has 0 unspecified atom stereocenters. The molecule has 15 heavy (non-hydrogen) atoms. The lowest BCUT2D eigenvalue weighted by molar-refractivity contribution is -0.134. The van der Waals surface area contributed by atoms with Crippen LogP contribution in [0.3, 0.4) is 0 Å². The van der Waals surface area contributed by atoms with Crippen LogP contribution in [0, 0.1) is 6.92 Å². The fraction of sp³-hybridized carbons (Fsp3) is 0.667. The molecule has 0 radical (unpaired) electrons. The van der Waals surface area contributed by atoms with E-state index in [1.54, 1.807) is 7.05 Å². The van der Waals surface area contributed by atoms with Crippen molar-refractivity contribution in [2.45, 2.75) is 32.5 Å². The van der Waals surface area contributed by atoms with E-state index in [4.69, 9.17) is 0 Å². The average molecular weight is 238 g/mol. The Morgan fingerprint density at radius 1 is 1.40 bits per heavy atom. The SMILES string of the molecule is CNCc1sc(CCC(F)(F)F)nc1C. The molecule has 0 amide bonds. The molecule has 0 bridgehead atoms. The summed E-state index contributed by atoms with van der Waals surface area (Å²) in [6.07, 6.45) is -4.90. The number of nitrogens with one attached hydrogen (secondary N) is 1. The lowest BCUT2D eigenvalue weighted by Gasteiger charge is -2.02. The smallest absolute Gasteiger partial charge is 0.315 e. The molecule has 0 saturated carbocycles. The van der Waals surface area contributed by atoms with Gasteiger partial charge in [0.1, 0.15) is 0 Å². The summed E-state index contributed by atoms with van der Waals surface area (Å²) in [7, 11) is 1.80. The number of aryl methyl sites for hydroxylation is 2. The van der Waals surface area contributed by atoms with Crippen molar-refractivity contribution >= 4 is 11.3 Å². The van der Waals surface area contributed by atoms with Gasteiger partial charge in [-0.15, -0.1) is 11.3 Å². The molecule has 1 heterocycles. The van der Waals surface area contributed by atoms with E-state index in [0.717, 1.165) is 10.6 Å². The van der Waals surface area contributed by atoms with Crippen molar-refractivity contribution in [1.82, 2.24) is 10.3 Å². The monoisotopic (exact) mass is 238 g/mol. The normalized spacial score (nSPS) is 12.1.